The highest BCUT2D eigenvalue weighted by Gasteiger charge is 2.33. The molecule has 0 radical (unpaired) electrons. The fourth-order valence-electron chi connectivity index (χ4n) is 2.44. The first-order valence-corrected chi connectivity index (χ1v) is 8.47. The highest BCUT2D eigenvalue weighted by atomic mass is 19.4. The van der Waals surface area contributed by atoms with E-state index in [0.29, 0.717) is 0 Å². The van der Waals surface area contributed by atoms with Crippen molar-refractivity contribution >= 4 is 23.0 Å². The predicted octanol–water partition coefficient (Wildman–Crippen LogP) is 4.20. The first-order chi connectivity index (χ1) is 13.1. The quantitative estimate of drug-likeness (QED) is 0.672. The summed E-state index contributed by atoms with van der Waals surface area (Å²) in [7, 11) is 0. The lowest BCUT2D eigenvalue weighted by Gasteiger charge is -2.15. The molecule has 3 aromatic heterocycles. The third kappa shape index (κ3) is 3.80. The summed E-state index contributed by atoms with van der Waals surface area (Å²) in [5.41, 5.74) is -1.13. The molecule has 3 rings (SSSR count). The zero-order valence-electron chi connectivity index (χ0n) is 15.3. The van der Waals surface area contributed by atoms with E-state index >= 15 is 0 Å². The number of carbonyl (C=O) groups is 1. The van der Waals surface area contributed by atoms with Crippen LogP contribution in [0, 0.1) is 17.7 Å². The number of alkyl halides is 3. The zero-order chi connectivity index (χ0) is 20.6. The van der Waals surface area contributed by atoms with E-state index in [9.17, 15) is 22.4 Å². The van der Waals surface area contributed by atoms with Gasteiger partial charge in [-0.1, -0.05) is 20.8 Å². The summed E-state index contributed by atoms with van der Waals surface area (Å²) >= 11 is 0. The molecule has 10 heteroatoms. The molecule has 0 fully saturated rings. The standard InChI is InChI=1S/C18H17F4N5O/c1-9(2)10(3)16(28)26-17-24-12-5-6-13(18(20,21)22)25-15(12)27(17)14-7-4-11(19)8-23-14/h4-10H,1-3H3,(H,24,26,28)/t10-/m0/s1. The van der Waals surface area contributed by atoms with Crippen LogP contribution in [-0.4, -0.2) is 25.4 Å². The summed E-state index contributed by atoms with van der Waals surface area (Å²) in [5, 5.41) is 2.61. The van der Waals surface area contributed by atoms with Crippen molar-refractivity contribution in [3.63, 3.8) is 0 Å². The third-order valence-electron chi connectivity index (χ3n) is 4.38. The minimum atomic E-state index is -4.66. The molecule has 3 aromatic rings. The van der Waals surface area contributed by atoms with E-state index in [0.717, 1.165) is 29.0 Å². The first-order valence-electron chi connectivity index (χ1n) is 8.47. The molecule has 1 amide bonds. The Kier molecular flexibility index (Phi) is 5.05. The molecule has 148 valence electrons. The molecule has 3 heterocycles. The molecule has 1 atom stereocenters. The third-order valence-corrected chi connectivity index (χ3v) is 4.38. The minimum absolute atomic E-state index is 0.0386. The number of aromatic nitrogens is 4. The zero-order valence-corrected chi connectivity index (χ0v) is 15.3. The van der Waals surface area contributed by atoms with E-state index in [4.69, 9.17) is 0 Å². The number of hydrogen-bond donors (Lipinski definition) is 1. The summed E-state index contributed by atoms with van der Waals surface area (Å²) in [6.45, 7) is 5.46. The highest BCUT2D eigenvalue weighted by molar-refractivity contribution is 5.93. The van der Waals surface area contributed by atoms with Crippen molar-refractivity contribution in [2.75, 3.05) is 5.32 Å². The van der Waals surface area contributed by atoms with Crippen LogP contribution in [0.1, 0.15) is 26.5 Å². The maximum atomic E-state index is 13.2. The van der Waals surface area contributed by atoms with Crippen molar-refractivity contribution in [1.82, 2.24) is 19.5 Å². The number of nitrogens with zero attached hydrogens (tertiary/aromatic N) is 4. The van der Waals surface area contributed by atoms with Crippen molar-refractivity contribution < 1.29 is 22.4 Å². The van der Waals surface area contributed by atoms with Crippen LogP contribution in [0.25, 0.3) is 17.0 Å². The lowest BCUT2D eigenvalue weighted by atomic mass is 9.97. The molecular weight excluding hydrogens is 378 g/mol. The number of pyridine rings is 2. The Balaban J connectivity index is 2.18. The summed E-state index contributed by atoms with van der Waals surface area (Å²) in [4.78, 5) is 24.2. The molecule has 0 unspecified atom stereocenters. The Morgan fingerprint density at radius 3 is 2.39 bits per heavy atom. The lowest BCUT2D eigenvalue weighted by molar-refractivity contribution is -0.141. The van der Waals surface area contributed by atoms with Gasteiger partial charge in [0.05, 0.1) is 6.20 Å². The number of halogens is 4. The molecule has 0 aliphatic carbocycles. The van der Waals surface area contributed by atoms with Gasteiger partial charge >= 0.3 is 6.18 Å². The molecule has 0 aliphatic rings. The lowest BCUT2D eigenvalue weighted by Crippen LogP contribution is -2.26. The SMILES string of the molecule is CC(C)[C@H](C)C(=O)Nc1nc2ccc(C(F)(F)F)nc2n1-c1ccc(F)cn1. The van der Waals surface area contributed by atoms with Crippen LogP contribution >= 0.6 is 0 Å². The van der Waals surface area contributed by atoms with Crippen molar-refractivity contribution in [2.24, 2.45) is 11.8 Å². The molecule has 28 heavy (non-hydrogen) atoms. The first kappa shape index (κ1) is 19.7. The molecule has 6 nitrogen and oxygen atoms in total. The Labute approximate surface area is 157 Å². The normalized spacial score (nSPS) is 13.1. The van der Waals surface area contributed by atoms with Gasteiger partial charge in [0.15, 0.2) is 5.65 Å². The molecule has 0 saturated heterocycles. The largest absolute Gasteiger partial charge is 0.433 e. The Bertz CT molecular complexity index is 1010. The molecule has 0 saturated carbocycles. The van der Waals surface area contributed by atoms with Gasteiger partial charge in [-0.25, -0.2) is 23.9 Å². The van der Waals surface area contributed by atoms with Crippen molar-refractivity contribution in [2.45, 2.75) is 26.9 Å². The van der Waals surface area contributed by atoms with Gasteiger partial charge in [-0.2, -0.15) is 13.2 Å². The smallest absolute Gasteiger partial charge is 0.295 e. The van der Waals surface area contributed by atoms with Gasteiger partial charge in [0.1, 0.15) is 22.8 Å². The van der Waals surface area contributed by atoms with Gasteiger partial charge in [0.2, 0.25) is 11.9 Å². The topological polar surface area (TPSA) is 72.7 Å². The number of rotatable bonds is 4. The summed E-state index contributed by atoms with van der Waals surface area (Å²) in [5.74, 6) is -1.27. The van der Waals surface area contributed by atoms with Crippen LogP contribution in [-0.2, 0) is 11.0 Å². The number of amides is 1. The maximum absolute atomic E-state index is 13.2. The van der Waals surface area contributed by atoms with Gasteiger partial charge in [-0.15, -0.1) is 0 Å². The monoisotopic (exact) mass is 395 g/mol. The van der Waals surface area contributed by atoms with Gasteiger partial charge in [0, 0.05) is 5.92 Å². The highest BCUT2D eigenvalue weighted by Crippen LogP contribution is 2.31. The number of carbonyl (C=O) groups excluding carboxylic acids is 1. The second kappa shape index (κ2) is 7.17. The van der Waals surface area contributed by atoms with Crippen molar-refractivity contribution in [3.8, 4) is 5.82 Å². The van der Waals surface area contributed by atoms with Crippen LogP contribution in [0.3, 0.4) is 0 Å². The molecule has 0 aliphatic heterocycles. The van der Waals surface area contributed by atoms with E-state index in [1.807, 2.05) is 13.8 Å². The molecule has 0 aromatic carbocycles. The van der Waals surface area contributed by atoms with Crippen molar-refractivity contribution in [3.05, 3.63) is 42.0 Å². The summed E-state index contributed by atoms with van der Waals surface area (Å²) < 4.78 is 53.7. The van der Waals surface area contributed by atoms with Crippen LogP contribution in [0.15, 0.2) is 30.5 Å². The maximum Gasteiger partial charge on any atom is 0.433 e. The fraction of sp³-hybridized carbons (Fsp3) is 0.333. The number of fused-ring (bicyclic) bond motifs is 1. The Morgan fingerprint density at radius 1 is 1.11 bits per heavy atom. The average molecular weight is 395 g/mol. The minimum Gasteiger partial charge on any atom is -0.295 e. The second-order valence-corrected chi connectivity index (χ2v) is 6.66. The van der Waals surface area contributed by atoms with Gasteiger partial charge in [-0.05, 0) is 30.2 Å². The van der Waals surface area contributed by atoms with Crippen LogP contribution in [0.4, 0.5) is 23.5 Å². The summed E-state index contributed by atoms with van der Waals surface area (Å²) in [6, 6.07) is 4.33. The van der Waals surface area contributed by atoms with Crippen LogP contribution in [0.5, 0.6) is 0 Å². The number of imidazole rings is 1. The number of anilines is 1. The van der Waals surface area contributed by atoms with E-state index in [2.05, 4.69) is 20.3 Å². The molecule has 1 N–H and O–H groups in total. The van der Waals surface area contributed by atoms with E-state index in [-0.39, 0.29) is 40.7 Å². The second-order valence-electron chi connectivity index (χ2n) is 6.66. The molecule has 0 bridgehead atoms. The van der Waals surface area contributed by atoms with Gasteiger partial charge in [-0.3, -0.25) is 10.1 Å². The average Bonchev–Trinajstić information content (AvgIpc) is 2.97. The Morgan fingerprint density at radius 2 is 1.82 bits per heavy atom. The number of nitrogens with one attached hydrogen (secondary N) is 1. The van der Waals surface area contributed by atoms with Crippen LogP contribution < -0.4 is 5.32 Å². The van der Waals surface area contributed by atoms with Gasteiger partial charge < -0.3 is 0 Å². The summed E-state index contributed by atoms with van der Waals surface area (Å²) in [6.07, 6.45) is -3.74. The van der Waals surface area contributed by atoms with Gasteiger partial charge in [0.25, 0.3) is 0 Å². The Hall–Kier alpha value is -3.04. The number of hydrogen-bond acceptors (Lipinski definition) is 4. The van der Waals surface area contributed by atoms with E-state index < -0.39 is 17.7 Å². The van der Waals surface area contributed by atoms with Crippen molar-refractivity contribution in [1.29, 1.82) is 0 Å². The predicted molar refractivity (Wildman–Crippen MR) is 94.3 cm³/mol. The molecular formula is C18H17F4N5O. The van der Waals surface area contributed by atoms with E-state index in [1.165, 1.54) is 6.07 Å². The fourth-order valence-corrected chi connectivity index (χ4v) is 2.44. The van der Waals surface area contributed by atoms with Crippen LogP contribution in [0.2, 0.25) is 0 Å². The molecule has 0 spiro atoms. The van der Waals surface area contributed by atoms with E-state index in [1.54, 1.807) is 6.92 Å².